The number of piperidine rings is 1. The Morgan fingerprint density at radius 3 is 2.32 bits per heavy atom. The molecule has 1 aliphatic rings. The van der Waals surface area contributed by atoms with Crippen molar-refractivity contribution in [3.05, 3.63) is 53.1 Å². The van der Waals surface area contributed by atoms with Crippen molar-refractivity contribution in [2.24, 2.45) is 11.8 Å². The second-order valence-electron chi connectivity index (χ2n) is 11.7. The van der Waals surface area contributed by atoms with Crippen LogP contribution in [0.25, 0.3) is 22.4 Å². The molecule has 1 amide bonds. The average Bonchev–Trinajstić information content (AvgIpc) is 3.26. The number of amides is 1. The number of likely N-dealkylation sites (tertiary alicyclic amines) is 1. The molecular formula is C32H45ClN4O. The van der Waals surface area contributed by atoms with Gasteiger partial charge in [-0.15, -0.1) is 0 Å². The van der Waals surface area contributed by atoms with Crippen LogP contribution in [0.2, 0.25) is 5.02 Å². The Bertz CT molecular complexity index is 1180. The van der Waals surface area contributed by atoms with Crippen molar-refractivity contribution in [2.45, 2.75) is 72.8 Å². The Kier molecular flexibility index (Phi) is 10.3. The zero-order valence-corrected chi connectivity index (χ0v) is 24.5. The van der Waals surface area contributed by atoms with E-state index in [2.05, 4.69) is 54.2 Å². The number of hydrogen-bond acceptors (Lipinski definition) is 3. The van der Waals surface area contributed by atoms with Crippen molar-refractivity contribution in [2.75, 3.05) is 32.7 Å². The monoisotopic (exact) mass is 536 g/mol. The maximum absolute atomic E-state index is 13.7. The molecule has 5 nitrogen and oxygen atoms in total. The van der Waals surface area contributed by atoms with Crippen molar-refractivity contribution in [1.29, 1.82) is 0 Å². The van der Waals surface area contributed by atoms with E-state index in [1.165, 1.54) is 32.4 Å². The summed E-state index contributed by atoms with van der Waals surface area (Å²) in [5, 5.41) is 0.705. The lowest BCUT2D eigenvalue weighted by atomic mass is 10.1. The van der Waals surface area contributed by atoms with Gasteiger partial charge in [-0.05, 0) is 93.9 Å². The highest BCUT2D eigenvalue weighted by atomic mass is 35.5. The highest BCUT2D eigenvalue weighted by Gasteiger charge is 2.20. The number of rotatable bonds is 12. The maximum Gasteiger partial charge on any atom is 0.253 e. The van der Waals surface area contributed by atoms with Gasteiger partial charge in [0.2, 0.25) is 0 Å². The Morgan fingerprint density at radius 1 is 0.947 bits per heavy atom. The molecule has 38 heavy (non-hydrogen) atoms. The maximum atomic E-state index is 13.7. The summed E-state index contributed by atoms with van der Waals surface area (Å²) in [5.41, 5.74) is 3.71. The van der Waals surface area contributed by atoms with Crippen LogP contribution < -0.4 is 0 Å². The summed E-state index contributed by atoms with van der Waals surface area (Å²) >= 11 is 6.36. The largest absolute Gasteiger partial charge is 0.339 e. The van der Waals surface area contributed by atoms with E-state index in [0.717, 1.165) is 73.4 Å². The number of aryl methyl sites for hydroxylation is 1. The molecule has 0 spiro atoms. The van der Waals surface area contributed by atoms with E-state index in [9.17, 15) is 4.79 Å². The van der Waals surface area contributed by atoms with Gasteiger partial charge in [0.1, 0.15) is 5.82 Å². The number of nitrogens with zero attached hydrogens (tertiary/aromatic N) is 4. The molecule has 0 atom stereocenters. The number of aromatic nitrogens is 2. The first-order chi connectivity index (χ1) is 18.3. The van der Waals surface area contributed by atoms with Gasteiger partial charge in [-0.25, -0.2) is 4.98 Å². The molecule has 0 unspecified atom stereocenters. The lowest BCUT2D eigenvalue weighted by Crippen LogP contribution is -2.34. The first-order valence-corrected chi connectivity index (χ1v) is 15.0. The Labute approximate surface area is 234 Å². The molecule has 0 aliphatic carbocycles. The molecule has 1 saturated heterocycles. The lowest BCUT2D eigenvalue weighted by Gasteiger charge is -2.26. The minimum Gasteiger partial charge on any atom is -0.339 e. The molecule has 0 saturated carbocycles. The quantitative estimate of drug-likeness (QED) is 0.237. The molecule has 4 rings (SSSR count). The van der Waals surface area contributed by atoms with Crippen LogP contribution in [0.3, 0.4) is 0 Å². The number of benzene rings is 2. The zero-order valence-electron chi connectivity index (χ0n) is 23.8. The smallest absolute Gasteiger partial charge is 0.253 e. The van der Waals surface area contributed by atoms with E-state index >= 15 is 0 Å². The molecule has 3 aromatic rings. The SMILES string of the molecule is CC(C)CCN(CCC(C)C)C(=O)c1ccc2nc(-c3cccc(Cl)c3)n(CCCN3CCCCC3)c2c1. The fraction of sp³-hybridized carbons (Fsp3) is 0.562. The molecule has 1 aliphatic heterocycles. The van der Waals surface area contributed by atoms with Crippen molar-refractivity contribution in [3.8, 4) is 11.4 Å². The van der Waals surface area contributed by atoms with Crippen LogP contribution in [0.4, 0.5) is 0 Å². The Hall–Kier alpha value is -2.37. The van der Waals surface area contributed by atoms with Gasteiger partial charge in [0.05, 0.1) is 11.0 Å². The molecule has 0 N–H and O–H groups in total. The summed E-state index contributed by atoms with van der Waals surface area (Å²) in [4.78, 5) is 23.4. The third kappa shape index (κ3) is 7.60. The van der Waals surface area contributed by atoms with E-state index in [-0.39, 0.29) is 5.91 Å². The fourth-order valence-corrected chi connectivity index (χ4v) is 5.48. The van der Waals surface area contributed by atoms with Gasteiger partial charge >= 0.3 is 0 Å². The van der Waals surface area contributed by atoms with Crippen LogP contribution >= 0.6 is 11.6 Å². The van der Waals surface area contributed by atoms with Gasteiger partial charge in [0.25, 0.3) is 5.91 Å². The normalized spacial score (nSPS) is 14.6. The van der Waals surface area contributed by atoms with Gasteiger partial charge in [-0.3, -0.25) is 4.79 Å². The standard InChI is InChI=1S/C32H45ClN4O/c1-24(2)14-20-36(21-15-25(3)4)32(38)27-12-13-29-30(23-27)37(19-9-18-35-16-6-5-7-17-35)31(34-29)26-10-8-11-28(33)22-26/h8,10-13,22-25H,5-7,9,14-21H2,1-4H3. The second kappa shape index (κ2) is 13.6. The van der Waals surface area contributed by atoms with E-state index in [1.54, 1.807) is 0 Å². The molecule has 1 aromatic heterocycles. The summed E-state index contributed by atoms with van der Waals surface area (Å²) in [5.74, 6) is 2.17. The molecule has 0 radical (unpaired) electrons. The molecule has 206 valence electrons. The molecule has 2 aromatic carbocycles. The third-order valence-corrected chi connectivity index (χ3v) is 7.86. The van der Waals surface area contributed by atoms with Crippen molar-refractivity contribution < 1.29 is 4.79 Å². The minimum absolute atomic E-state index is 0.124. The van der Waals surface area contributed by atoms with Gasteiger partial charge in [0, 0.05) is 35.8 Å². The molecule has 2 heterocycles. The van der Waals surface area contributed by atoms with E-state index in [0.29, 0.717) is 16.9 Å². The number of hydrogen-bond donors (Lipinski definition) is 0. The fourth-order valence-electron chi connectivity index (χ4n) is 5.29. The van der Waals surface area contributed by atoms with Crippen LogP contribution in [-0.2, 0) is 6.54 Å². The summed E-state index contributed by atoms with van der Waals surface area (Å²) in [7, 11) is 0. The third-order valence-electron chi connectivity index (χ3n) is 7.62. The first-order valence-electron chi connectivity index (χ1n) is 14.6. The van der Waals surface area contributed by atoms with Crippen molar-refractivity contribution >= 4 is 28.5 Å². The van der Waals surface area contributed by atoms with Gasteiger partial charge in [0.15, 0.2) is 0 Å². The van der Waals surface area contributed by atoms with Gasteiger partial charge in [-0.1, -0.05) is 57.8 Å². The lowest BCUT2D eigenvalue weighted by molar-refractivity contribution is 0.0741. The van der Waals surface area contributed by atoms with Gasteiger partial charge < -0.3 is 14.4 Å². The van der Waals surface area contributed by atoms with Crippen LogP contribution in [-0.4, -0.2) is 58.0 Å². The number of carbonyl (C=O) groups is 1. The predicted molar refractivity (Wildman–Crippen MR) is 160 cm³/mol. The highest BCUT2D eigenvalue weighted by molar-refractivity contribution is 6.30. The summed E-state index contributed by atoms with van der Waals surface area (Å²) < 4.78 is 2.30. The van der Waals surface area contributed by atoms with E-state index in [4.69, 9.17) is 16.6 Å². The van der Waals surface area contributed by atoms with Crippen molar-refractivity contribution in [3.63, 3.8) is 0 Å². The minimum atomic E-state index is 0.124. The first kappa shape index (κ1) is 28.6. The number of halogens is 1. The van der Waals surface area contributed by atoms with Crippen molar-refractivity contribution in [1.82, 2.24) is 19.4 Å². The van der Waals surface area contributed by atoms with Gasteiger partial charge in [-0.2, -0.15) is 0 Å². The van der Waals surface area contributed by atoms with Crippen LogP contribution in [0, 0.1) is 11.8 Å². The average molecular weight is 537 g/mol. The number of fused-ring (bicyclic) bond motifs is 1. The van der Waals surface area contributed by atoms with E-state index in [1.807, 2.05) is 30.3 Å². The Balaban J connectivity index is 1.64. The Morgan fingerprint density at radius 2 is 1.66 bits per heavy atom. The summed E-state index contributed by atoms with van der Waals surface area (Å²) in [6, 6.07) is 14.0. The number of imidazole rings is 1. The topological polar surface area (TPSA) is 41.4 Å². The zero-order chi connectivity index (χ0) is 27.1. The van der Waals surface area contributed by atoms with Crippen LogP contribution in [0.1, 0.15) is 76.6 Å². The molecule has 1 fully saturated rings. The summed E-state index contributed by atoms with van der Waals surface area (Å²) in [6.45, 7) is 14.8. The second-order valence-corrected chi connectivity index (χ2v) is 12.2. The van der Waals surface area contributed by atoms with Crippen LogP contribution in [0.5, 0.6) is 0 Å². The summed E-state index contributed by atoms with van der Waals surface area (Å²) in [6.07, 6.45) is 7.03. The molecule has 0 bridgehead atoms. The van der Waals surface area contributed by atoms with E-state index < -0.39 is 0 Å². The molecule has 6 heteroatoms. The predicted octanol–water partition coefficient (Wildman–Crippen LogP) is 7.77. The van der Waals surface area contributed by atoms with Crippen LogP contribution in [0.15, 0.2) is 42.5 Å². The molecular weight excluding hydrogens is 492 g/mol. The number of carbonyl (C=O) groups excluding carboxylic acids is 1. The highest BCUT2D eigenvalue weighted by Crippen LogP contribution is 2.28.